The molecule has 15 nitrogen and oxygen atoms in total. The molecule has 0 N–H and O–H groups in total. The van der Waals surface area contributed by atoms with Crippen LogP contribution in [-0.4, -0.2) is 107 Å². The summed E-state index contributed by atoms with van der Waals surface area (Å²) in [5.74, 6) is 7.78. The standard InChI is InChI=1S/C72H108N6S6.C24H6Cl6N6.C8H18S.CH2O3.2CH4.2K.H/c1-7-13-19-25-31-37-43-79-61-49-55-56(50-62(61)80-44-38-32-26-20-14-8-2)74-68-67(73-55)69-71(77-58-52-64(82-46-40-34-28-22-16-10-4)63(51-57(58)75-69)81-45-39-33-27-21-15-9-3)72-70(68)76-59-53-65(83-47-41-35-29-23-17-11-5)66(54-60(59)78-72)84-48-42-36-30-24-18-12-6;25-7-1-13-14(2-8(7)26)32-20-19(31-13)21-23(35-16-4-10(28)9(27)3-15(16)33-21)24-22(20)34-17-5-11(29)12(30)6-18(17)36-24;1-2-3-4-5-6-7-8-9;2-1-4-3;;;;;/h49-54H,7-48H2,1-6H3;1-6H;9H,2-8H2,1H3;1,3H;2*1H4;;;/q;;;;;;2*+1;-1/p-1. The summed E-state index contributed by atoms with van der Waals surface area (Å²) in [6.45, 7) is 15.9. The number of aromatic nitrogens is 12. The Morgan fingerprint density at radius 2 is 0.358 bits per heavy atom. The summed E-state index contributed by atoms with van der Waals surface area (Å²) < 4.78 is 0. The topological polar surface area (TPSA) is 204 Å². The van der Waals surface area contributed by atoms with Gasteiger partial charge in [-0.3, -0.25) is 4.79 Å². The molecule has 6 aromatic heterocycles. The van der Waals surface area contributed by atoms with Gasteiger partial charge in [-0.2, -0.15) is 12.6 Å². The number of hydrogen-bond acceptors (Lipinski definition) is 22. The number of thiol groups is 1. The maximum absolute atomic E-state index is 8.64. The second-order valence-electron chi connectivity index (χ2n) is 34.5. The van der Waals surface area contributed by atoms with Gasteiger partial charge in [0.25, 0.3) is 6.47 Å². The van der Waals surface area contributed by atoms with E-state index in [1.165, 1.54) is 299 Å². The third-order valence-electron chi connectivity index (χ3n) is 23.7. The summed E-state index contributed by atoms with van der Waals surface area (Å²) >= 11 is 53.8. The van der Waals surface area contributed by atoms with E-state index in [1.54, 1.807) is 36.4 Å². The molecule has 0 saturated heterocycles. The first-order chi connectivity index (χ1) is 65.1. The normalized spacial score (nSPS) is 11.4. The number of hydrogen-bond donors (Lipinski definition) is 1. The Morgan fingerprint density at radius 3 is 0.482 bits per heavy atom. The molecule has 8 aromatic carbocycles. The minimum atomic E-state index is -0.181. The molecule has 0 aliphatic rings. The maximum atomic E-state index is 8.64. The maximum Gasteiger partial charge on any atom is 1.00 e. The predicted molar refractivity (Wildman–Crippen MR) is 600 cm³/mol. The first-order valence-electron chi connectivity index (χ1n) is 49.3. The summed E-state index contributed by atoms with van der Waals surface area (Å²) in [4.78, 5) is 82.3. The largest absolute Gasteiger partial charge is 1.00 e. The first-order valence-corrected chi connectivity index (χ1v) is 58.1. The zero-order chi connectivity index (χ0) is 94.1. The zero-order valence-corrected chi connectivity index (χ0v) is 97.5. The zero-order valence-electron chi connectivity index (χ0n) is 81.9. The summed E-state index contributed by atoms with van der Waals surface area (Å²) in [5.41, 5.74) is 16.2. The number of unbranched alkanes of at least 4 members (excludes halogenated alkanes) is 35. The molecule has 0 radical (unpaired) electrons. The Hall–Kier alpha value is -1.75. The smallest absolute Gasteiger partial charge is 1.00 e. The molecule has 14 aromatic rings. The van der Waals surface area contributed by atoms with Crippen LogP contribution >= 0.6 is 153 Å². The van der Waals surface area contributed by atoms with Gasteiger partial charge in [0.15, 0.2) is 0 Å². The van der Waals surface area contributed by atoms with E-state index in [4.69, 9.17) is 139 Å². The van der Waals surface area contributed by atoms with Gasteiger partial charge in [-0.25, -0.2) is 59.8 Å². The van der Waals surface area contributed by atoms with Crippen molar-refractivity contribution in [3.05, 3.63) is 103 Å². The third kappa shape index (κ3) is 37.2. The number of halogens is 6. The summed E-state index contributed by atoms with van der Waals surface area (Å²) in [6.07, 6.45) is 55.3. The van der Waals surface area contributed by atoms with Crippen LogP contribution in [0.15, 0.2) is 102 Å². The molecule has 0 saturated carbocycles. The number of carbonyl (C=O) groups excluding carboxylic acids is 1. The number of carbonyl (C=O) groups is 1. The van der Waals surface area contributed by atoms with Gasteiger partial charge in [0.1, 0.15) is 66.2 Å². The summed E-state index contributed by atoms with van der Waals surface area (Å²) in [6, 6.07) is 24.0. The molecule has 0 fully saturated rings. The molecular formula is C107H142Cl6K2N12O3S7. The second-order valence-corrected chi connectivity index (χ2v) is 44.2. The first kappa shape index (κ1) is 122. The Balaban J connectivity index is 0.000000442. The molecule has 6 heterocycles. The molecule has 0 atom stereocenters. The van der Waals surface area contributed by atoms with E-state index < -0.39 is 0 Å². The molecule has 0 amide bonds. The van der Waals surface area contributed by atoms with E-state index in [9.17, 15) is 0 Å². The van der Waals surface area contributed by atoms with Gasteiger partial charge < -0.3 is 11.6 Å². The number of nitrogens with zero attached hydrogens (tertiary/aromatic N) is 12. The minimum Gasteiger partial charge on any atom is -1.00 e. The van der Waals surface area contributed by atoms with Crippen LogP contribution in [-0.2, 0) is 9.68 Å². The van der Waals surface area contributed by atoms with E-state index in [-0.39, 0.29) is 126 Å². The Kier molecular flexibility index (Phi) is 60.6. The third-order valence-corrected chi connectivity index (χ3v) is 33.5. The fraction of sp³-hybridized carbons (Fsp3) is 0.542. The van der Waals surface area contributed by atoms with Gasteiger partial charge in [0, 0.05) is 29.4 Å². The summed E-state index contributed by atoms with van der Waals surface area (Å²) in [7, 11) is 0. The fourth-order valence-electron chi connectivity index (χ4n) is 16.3. The van der Waals surface area contributed by atoms with E-state index >= 15 is 0 Å². The summed E-state index contributed by atoms with van der Waals surface area (Å²) in [5, 5.41) is 10.6. The second kappa shape index (κ2) is 68.0. The number of thioether (sulfide) groups is 6. The molecule has 0 aliphatic heterocycles. The fourth-order valence-corrected chi connectivity index (χ4v) is 24.3. The van der Waals surface area contributed by atoms with Crippen LogP contribution in [0.3, 0.4) is 0 Å². The number of benzene rings is 8. The van der Waals surface area contributed by atoms with Crippen molar-refractivity contribution >= 4 is 292 Å². The van der Waals surface area contributed by atoms with Gasteiger partial charge in [-0.1, -0.05) is 358 Å². The van der Waals surface area contributed by atoms with Crippen molar-refractivity contribution in [2.45, 2.75) is 362 Å². The van der Waals surface area contributed by atoms with E-state index in [0.717, 1.165) is 106 Å². The van der Waals surface area contributed by atoms with Crippen LogP contribution in [0.25, 0.3) is 132 Å². The van der Waals surface area contributed by atoms with E-state index in [0.29, 0.717) is 96.3 Å². The average Bonchev–Trinajstić information content (AvgIpc) is 0.763. The molecule has 30 heteroatoms. The number of rotatable bonds is 55. The van der Waals surface area contributed by atoms with Crippen molar-refractivity contribution in [1.82, 2.24) is 59.8 Å². The molecule has 0 aliphatic carbocycles. The Labute approximate surface area is 963 Å². The van der Waals surface area contributed by atoms with Crippen molar-refractivity contribution < 1.29 is 119 Å². The van der Waals surface area contributed by atoms with Crippen molar-refractivity contribution in [1.29, 1.82) is 0 Å². The van der Waals surface area contributed by atoms with Crippen molar-refractivity contribution in [3.63, 3.8) is 0 Å². The van der Waals surface area contributed by atoms with Crippen LogP contribution < -0.4 is 108 Å². The van der Waals surface area contributed by atoms with Gasteiger partial charge >= 0.3 is 103 Å². The SMILES string of the molecule is C.C.CCCCCCCCS.CCCCCCCCSc1cc2nc3c4nc5cc(SCCCCCCCC)c(SCCCCCCCC)cc5nc4c4nc5cc(SCCCCCCCC)c(SCCCCCCCC)cc5nc4c3nc2cc1SCCCCCCCC.Clc1cc2nc3c4nc5cc(Cl)c(Cl)cc5nc4c4nc5cc(Cl)c(Cl)cc5nc4c3nc2cc1Cl.O=CO[O-].[H-].[K+].[K+]. The van der Waals surface area contributed by atoms with Crippen LogP contribution in [0.1, 0.15) is 334 Å². The molecular weight excluding hydrogens is 2020 g/mol. The van der Waals surface area contributed by atoms with Crippen LogP contribution in [0.2, 0.25) is 30.1 Å². The Morgan fingerprint density at radius 1 is 0.241 bits per heavy atom. The van der Waals surface area contributed by atoms with E-state index in [2.05, 4.69) is 102 Å². The molecule has 0 unspecified atom stereocenters. The minimum absolute atomic E-state index is 0. The van der Waals surface area contributed by atoms with Crippen LogP contribution in [0.4, 0.5) is 0 Å². The molecule has 0 bridgehead atoms. The molecule has 137 heavy (non-hydrogen) atoms. The van der Waals surface area contributed by atoms with Gasteiger partial charge in [-0.15, -0.1) is 70.6 Å². The monoisotopic (exact) mass is 2150 g/mol. The van der Waals surface area contributed by atoms with Gasteiger partial charge in [-0.05, 0) is 158 Å². The van der Waals surface area contributed by atoms with Crippen molar-refractivity contribution in [3.8, 4) is 0 Å². The molecule has 14 rings (SSSR count). The quantitative estimate of drug-likeness (QED) is 0.00433. The van der Waals surface area contributed by atoms with Gasteiger partial charge in [0.2, 0.25) is 0 Å². The van der Waals surface area contributed by atoms with Crippen molar-refractivity contribution in [2.75, 3.05) is 40.3 Å². The number of fused-ring (bicyclic) bond motifs is 18. The molecule has 734 valence electrons. The predicted octanol–water partition coefficient (Wildman–Crippen LogP) is 31.7. The average molecular weight is 2160 g/mol. The van der Waals surface area contributed by atoms with Crippen molar-refractivity contribution in [2.24, 2.45) is 0 Å². The molecule has 0 spiro atoms. The van der Waals surface area contributed by atoms with E-state index in [1.807, 2.05) is 70.6 Å². The van der Waals surface area contributed by atoms with Crippen LogP contribution in [0.5, 0.6) is 0 Å². The Bertz CT molecular complexity index is 5150. The van der Waals surface area contributed by atoms with Crippen LogP contribution in [0, 0.1) is 0 Å². The van der Waals surface area contributed by atoms with Gasteiger partial charge in [0.05, 0.1) is 96.3 Å².